The molecule has 1 aromatic rings. The van der Waals surface area contributed by atoms with Crippen molar-refractivity contribution in [2.45, 2.75) is 13.3 Å². The summed E-state index contributed by atoms with van der Waals surface area (Å²) in [6, 6.07) is 4.14. The third kappa shape index (κ3) is 1.98. The average molecular weight is 140 g/mol. The molecular formula is C7H10NS+. The van der Waals surface area contributed by atoms with Gasteiger partial charge in [0, 0.05) is 11.8 Å². The normalized spacial score (nSPS) is 9.44. The van der Waals surface area contributed by atoms with Crippen molar-refractivity contribution in [1.29, 1.82) is 0 Å². The van der Waals surface area contributed by atoms with Crippen LogP contribution in [0.4, 0.5) is 0 Å². The summed E-state index contributed by atoms with van der Waals surface area (Å²) in [5.41, 5.74) is 0.984. The molecule has 0 saturated heterocycles. The molecule has 0 aliphatic heterocycles. The lowest BCUT2D eigenvalue weighted by molar-refractivity contribution is -0.116. The van der Waals surface area contributed by atoms with Gasteiger partial charge in [-0.3, -0.25) is 5.41 Å². The van der Waals surface area contributed by atoms with E-state index < -0.39 is 0 Å². The van der Waals surface area contributed by atoms with Crippen LogP contribution in [0.1, 0.15) is 11.8 Å². The third-order valence-corrected chi connectivity index (χ3v) is 1.91. The predicted molar refractivity (Wildman–Crippen MR) is 40.6 cm³/mol. The van der Waals surface area contributed by atoms with E-state index in [1.165, 1.54) is 4.88 Å². The lowest BCUT2D eigenvalue weighted by Gasteiger charge is -1.84. The minimum Gasteiger partial charge on any atom is -0.261 e. The van der Waals surface area contributed by atoms with Crippen molar-refractivity contribution in [3.63, 3.8) is 0 Å². The van der Waals surface area contributed by atoms with Crippen molar-refractivity contribution in [1.82, 2.24) is 0 Å². The molecule has 2 heteroatoms. The highest BCUT2D eigenvalue weighted by atomic mass is 32.1. The highest BCUT2D eigenvalue weighted by Gasteiger charge is 1.96. The smallest absolute Gasteiger partial charge is 0.151 e. The molecule has 2 N–H and O–H groups in total. The predicted octanol–water partition coefficient (Wildman–Crippen LogP) is 0.511. The lowest BCUT2D eigenvalue weighted by Crippen LogP contribution is -2.38. The van der Waals surface area contributed by atoms with E-state index in [4.69, 9.17) is 5.41 Å². The summed E-state index contributed by atoms with van der Waals surface area (Å²) in [6.07, 6.45) is 0.928. The number of nitrogens with two attached hydrogens (primary N) is 1. The van der Waals surface area contributed by atoms with Crippen LogP contribution >= 0.6 is 11.3 Å². The fraction of sp³-hybridized carbons (Fsp3) is 0.286. The Hall–Kier alpha value is -0.630. The van der Waals surface area contributed by atoms with Gasteiger partial charge in [-0.1, -0.05) is 6.07 Å². The van der Waals surface area contributed by atoms with Crippen LogP contribution in [-0.2, 0) is 6.42 Å². The van der Waals surface area contributed by atoms with Gasteiger partial charge in [-0.15, -0.1) is 11.3 Å². The summed E-state index contributed by atoms with van der Waals surface area (Å²) in [6.45, 7) is 1.94. The molecule has 0 radical (unpaired) electrons. The SMILES string of the molecule is CC(=[NH2+])Cc1cccs1. The Morgan fingerprint density at radius 3 is 3.00 bits per heavy atom. The van der Waals surface area contributed by atoms with Crippen molar-refractivity contribution in [2.24, 2.45) is 0 Å². The zero-order chi connectivity index (χ0) is 6.69. The van der Waals surface area contributed by atoms with E-state index in [-0.39, 0.29) is 0 Å². The Balaban J connectivity index is 2.58. The molecule has 0 spiro atoms. The number of hydrogen-bond donors (Lipinski definition) is 1. The molecule has 0 amide bonds. The summed E-state index contributed by atoms with van der Waals surface area (Å²) in [4.78, 5) is 1.34. The van der Waals surface area contributed by atoms with Gasteiger partial charge in [0.25, 0.3) is 0 Å². The molecule has 9 heavy (non-hydrogen) atoms. The number of hydrogen-bond acceptors (Lipinski definition) is 1. The van der Waals surface area contributed by atoms with Gasteiger partial charge in [-0.2, -0.15) is 0 Å². The Morgan fingerprint density at radius 2 is 2.56 bits per heavy atom. The minimum atomic E-state index is 0.928. The fourth-order valence-corrected chi connectivity index (χ4v) is 1.49. The summed E-state index contributed by atoms with van der Waals surface area (Å²) in [5, 5.41) is 7.57. The summed E-state index contributed by atoms with van der Waals surface area (Å²) < 4.78 is 0. The molecule has 1 aromatic heterocycles. The van der Waals surface area contributed by atoms with Crippen LogP contribution < -0.4 is 5.41 Å². The van der Waals surface area contributed by atoms with Crippen molar-refractivity contribution in [2.75, 3.05) is 0 Å². The van der Waals surface area contributed by atoms with E-state index in [0.29, 0.717) is 0 Å². The average Bonchev–Trinajstić information content (AvgIpc) is 2.15. The van der Waals surface area contributed by atoms with Crippen LogP contribution in [0.15, 0.2) is 17.5 Å². The Bertz CT molecular complexity index is 189. The van der Waals surface area contributed by atoms with Crippen LogP contribution in [0.2, 0.25) is 0 Å². The van der Waals surface area contributed by atoms with Gasteiger partial charge in [0.2, 0.25) is 0 Å². The van der Waals surface area contributed by atoms with Crippen LogP contribution in [-0.4, -0.2) is 5.71 Å². The van der Waals surface area contributed by atoms with Crippen LogP contribution in [0.5, 0.6) is 0 Å². The first-order chi connectivity index (χ1) is 4.29. The number of thiophene rings is 1. The molecule has 0 atom stereocenters. The standard InChI is InChI=1S/C7H9NS/c1-6(8)5-7-3-2-4-9-7/h2-4,8H,5H2,1H3/p+1. The Labute approximate surface area is 58.9 Å². The van der Waals surface area contributed by atoms with Gasteiger partial charge in [-0.05, 0) is 11.4 Å². The zero-order valence-electron chi connectivity index (χ0n) is 5.42. The van der Waals surface area contributed by atoms with Crippen LogP contribution in [0.25, 0.3) is 0 Å². The molecule has 0 aliphatic rings. The first-order valence-electron chi connectivity index (χ1n) is 2.89. The van der Waals surface area contributed by atoms with Gasteiger partial charge in [0.1, 0.15) is 0 Å². The van der Waals surface area contributed by atoms with E-state index in [0.717, 1.165) is 12.1 Å². The molecule has 1 heterocycles. The molecule has 0 aromatic carbocycles. The second-order valence-electron chi connectivity index (χ2n) is 2.10. The van der Waals surface area contributed by atoms with E-state index in [2.05, 4.69) is 11.4 Å². The van der Waals surface area contributed by atoms with Crippen molar-refractivity contribution < 1.29 is 5.41 Å². The fourth-order valence-electron chi connectivity index (χ4n) is 0.688. The summed E-state index contributed by atoms with van der Waals surface area (Å²) in [7, 11) is 0. The maximum Gasteiger partial charge on any atom is 0.151 e. The largest absolute Gasteiger partial charge is 0.261 e. The summed E-state index contributed by atoms with van der Waals surface area (Å²) >= 11 is 1.75. The van der Waals surface area contributed by atoms with Gasteiger partial charge < -0.3 is 0 Å². The molecule has 1 rings (SSSR count). The first kappa shape index (κ1) is 6.49. The zero-order valence-corrected chi connectivity index (χ0v) is 6.24. The van der Waals surface area contributed by atoms with Gasteiger partial charge >= 0.3 is 0 Å². The highest BCUT2D eigenvalue weighted by Crippen LogP contribution is 2.08. The highest BCUT2D eigenvalue weighted by molar-refractivity contribution is 7.10. The van der Waals surface area contributed by atoms with Crippen molar-refractivity contribution in [3.05, 3.63) is 22.4 Å². The molecule has 0 unspecified atom stereocenters. The van der Waals surface area contributed by atoms with Crippen molar-refractivity contribution >= 4 is 17.0 Å². The second-order valence-corrected chi connectivity index (χ2v) is 3.13. The van der Waals surface area contributed by atoms with Gasteiger partial charge in [0.05, 0.1) is 6.42 Å². The minimum absolute atomic E-state index is 0.928. The van der Waals surface area contributed by atoms with Crippen molar-refractivity contribution in [3.8, 4) is 0 Å². The molecule has 0 fully saturated rings. The van der Waals surface area contributed by atoms with Gasteiger partial charge in [0.15, 0.2) is 5.71 Å². The Morgan fingerprint density at radius 1 is 1.78 bits per heavy atom. The van der Waals surface area contributed by atoms with Crippen LogP contribution in [0.3, 0.4) is 0 Å². The van der Waals surface area contributed by atoms with E-state index in [9.17, 15) is 0 Å². The molecular weight excluding hydrogens is 130 g/mol. The van der Waals surface area contributed by atoms with Gasteiger partial charge in [-0.25, -0.2) is 0 Å². The lowest BCUT2D eigenvalue weighted by atomic mass is 10.2. The monoisotopic (exact) mass is 140 g/mol. The summed E-state index contributed by atoms with van der Waals surface area (Å²) in [5.74, 6) is 0. The molecule has 0 aliphatic carbocycles. The maximum absolute atomic E-state index is 5.51. The van der Waals surface area contributed by atoms with Crippen LogP contribution in [0, 0.1) is 0 Å². The second kappa shape index (κ2) is 2.78. The topological polar surface area (TPSA) is 25.6 Å². The quantitative estimate of drug-likeness (QED) is 0.579. The molecule has 0 bridgehead atoms. The maximum atomic E-state index is 5.51. The third-order valence-electron chi connectivity index (χ3n) is 1.03. The number of rotatable bonds is 2. The van der Waals surface area contributed by atoms with E-state index >= 15 is 0 Å². The first-order valence-corrected chi connectivity index (χ1v) is 3.77. The molecule has 48 valence electrons. The Kier molecular flexibility index (Phi) is 2.01. The molecule has 0 saturated carbocycles. The molecule has 1 nitrogen and oxygen atoms in total. The van der Waals surface area contributed by atoms with E-state index in [1.54, 1.807) is 11.3 Å². The van der Waals surface area contributed by atoms with E-state index in [1.807, 2.05) is 13.0 Å².